The second kappa shape index (κ2) is 9.54. The van der Waals surface area contributed by atoms with Crippen LogP contribution >= 0.6 is 11.3 Å². The lowest BCUT2D eigenvalue weighted by molar-refractivity contribution is -0.119. The summed E-state index contributed by atoms with van der Waals surface area (Å²) in [7, 11) is 1.58. The highest BCUT2D eigenvalue weighted by Crippen LogP contribution is 2.32. The van der Waals surface area contributed by atoms with Gasteiger partial charge in [-0.15, -0.1) is 11.3 Å². The molecule has 3 N–H and O–H groups in total. The molecule has 0 fully saturated rings. The lowest BCUT2D eigenvalue weighted by Gasteiger charge is -2.12. The monoisotopic (exact) mass is 471 g/mol. The van der Waals surface area contributed by atoms with Gasteiger partial charge < -0.3 is 16.0 Å². The molecule has 0 aliphatic rings. The number of benzene rings is 3. The van der Waals surface area contributed by atoms with E-state index in [1.54, 1.807) is 30.6 Å². The number of amides is 1. The molecule has 8 heteroatoms. The number of rotatable bonds is 7. The Morgan fingerprint density at radius 1 is 1.00 bits per heavy atom. The van der Waals surface area contributed by atoms with Crippen molar-refractivity contribution < 1.29 is 9.18 Å². The molecule has 2 heterocycles. The van der Waals surface area contributed by atoms with Crippen LogP contribution in [0.3, 0.4) is 0 Å². The predicted molar refractivity (Wildman–Crippen MR) is 136 cm³/mol. The van der Waals surface area contributed by atoms with Crippen LogP contribution < -0.4 is 16.0 Å². The van der Waals surface area contributed by atoms with Crippen molar-refractivity contribution in [3.05, 3.63) is 83.8 Å². The van der Waals surface area contributed by atoms with Crippen molar-refractivity contribution >= 4 is 49.7 Å². The molecule has 0 saturated carbocycles. The van der Waals surface area contributed by atoms with Gasteiger partial charge in [-0.05, 0) is 53.6 Å². The van der Waals surface area contributed by atoms with E-state index in [1.807, 2.05) is 54.0 Å². The normalized spacial score (nSPS) is 11.1. The average molecular weight is 472 g/mol. The highest BCUT2D eigenvalue weighted by molar-refractivity contribution is 7.16. The number of halogens is 1. The number of carbonyl (C=O) groups is 1. The molecule has 1 amide bonds. The Balaban J connectivity index is 1.42. The first kappa shape index (κ1) is 21.9. The molecule has 0 aliphatic carbocycles. The molecule has 0 radical (unpaired) electrons. The number of nitrogens with zero attached hydrogens (tertiary/aromatic N) is 2. The van der Waals surface area contributed by atoms with E-state index in [-0.39, 0.29) is 18.3 Å². The van der Waals surface area contributed by atoms with Gasteiger partial charge in [0.05, 0.1) is 27.8 Å². The van der Waals surface area contributed by atoms with Crippen LogP contribution in [0.1, 0.15) is 5.56 Å². The van der Waals surface area contributed by atoms with Gasteiger partial charge >= 0.3 is 0 Å². The topological polar surface area (TPSA) is 78.9 Å². The standard InChI is InChI=1S/C26H22FN5OS/c1-28-26(33)14-29-13-16-2-5-19(21(27)10-16)17-3-6-22-20(11-17)23(8-9-30-22)32-18-4-7-25-24(12-18)31-15-34-25/h2-12,15,29H,13-14H2,1H3,(H,28,33)(H,30,32). The summed E-state index contributed by atoms with van der Waals surface area (Å²) < 4.78 is 16.1. The van der Waals surface area contributed by atoms with Crippen LogP contribution in [0.2, 0.25) is 0 Å². The van der Waals surface area contributed by atoms with Gasteiger partial charge in [-0.1, -0.05) is 18.2 Å². The van der Waals surface area contributed by atoms with E-state index < -0.39 is 0 Å². The van der Waals surface area contributed by atoms with Crippen molar-refractivity contribution in [2.24, 2.45) is 0 Å². The largest absolute Gasteiger partial charge is 0.358 e. The fraction of sp³-hybridized carbons (Fsp3) is 0.115. The van der Waals surface area contributed by atoms with E-state index in [0.29, 0.717) is 12.1 Å². The number of anilines is 2. The quantitative estimate of drug-likeness (QED) is 0.303. The molecule has 0 atom stereocenters. The first-order valence-electron chi connectivity index (χ1n) is 10.8. The first-order chi connectivity index (χ1) is 16.6. The third-order valence-electron chi connectivity index (χ3n) is 5.59. The molecule has 170 valence electrons. The Kier molecular flexibility index (Phi) is 6.16. The molecular formula is C26H22FN5OS. The first-order valence-corrected chi connectivity index (χ1v) is 11.7. The Labute approximate surface area is 199 Å². The zero-order valence-electron chi connectivity index (χ0n) is 18.4. The van der Waals surface area contributed by atoms with Crippen molar-refractivity contribution in [3.8, 4) is 11.1 Å². The smallest absolute Gasteiger partial charge is 0.233 e. The zero-order chi connectivity index (χ0) is 23.5. The summed E-state index contributed by atoms with van der Waals surface area (Å²) in [6.45, 7) is 0.590. The molecule has 5 rings (SSSR count). The van der Waals surface area contributed by atoms with Crippen molar-refractivity contribution in [1.82, 2.24) is 20.6 Å². The van der Waals surface area contributed by atoms with Gasteiger partial charge in [0.15, 0.2) is 0 Å². The minimum absolute atomic E-state index is 0.113. The fourth-order valence-electron chi connectivity index (χ4n) is 3.83. The van der Waals surface area contributed by atoms with Gasteiger partial charge in [-0.25, -0.2) is 9.37 Å². The van der Waals surface area contributed by atoms with Crippen LogP contribution in [-0.4, -0.2) is 29.5 Å². The highest BCUT2D eigenvalue weighted by atomic mass is 32.1. The Morgan fingerprint density at radius 3 is 2.76 bits per heavy atom. The Hall–Kier alpha value is -3.88. The third kappa shape index (κ3) is 4.59. The van der Waals surface area contributed by atoms with E-state index >= 15 is 4.39 Å². The van der Waals surface area contributed by atoms with E-state index in [2.05, 4.69) is 25.9 Å². The minimum Gasteiger partial charge on any atom is -0.358 e. The van der Waals surface area contributed by atoms with Crippen molar-refractivity contribution in [3.63, 3.8) is 0 Å². The number of likely N-dealkylation sites (N-methyl/N-ethyl adjacent to an activating group) is 1. The molecule has 3 aromatic carbocycles. The Bertz CT molecular complexity index is 1500. The number of hydrogen-bond acceptors (Lipinski definition) is 6. The van der Waals surface area contributed by atoms with E-state index in [1.165, 1.54) is 6.07 Å². The number of fused-ring (bicyclic) bond motifs is 2. The third-order valence-corrected chi connectivity index (χ3v) is 6.40. The van der Waals surface area contributed by atoms with Gasteiger partial charge in [0.1, 0.15) is 5.82 Å². The van der Waals surface area contributed by atoms with Crippen molar-refractivity contribution in [2.75, 3.05) is 18.9 Å². The SMILES string of the molecule is CNC(=O)CNCc1ccc(-c2ccc3nccc(Nc4ccc5scnc5c4)c3c2)c(F)c1. The number of aromatic nitrogens is 2. The van der Waals surface area contributed by atoms with Crippen LogP contribution in [0.5, 0.6) is 0 Å². The number of nitrogens with one attached hydrogen (secondary N) is 3. The Morgan fingerprint density at radius 2 is 1.91 bits per heavy atom. The molecular weight excluding hydrogens is 449 g/mol. The molecule has 0 bridgehead atoms. The number of hydrogen-bond donors (Lipinski definition) is 3. The summed E-state index contributed by atoms with van der Waals surface area (Å²) in [6, 6.07) is 18.9. The molecule has 5 aromatic rings. The highest BCUT2D eigenvalue weighted by Gasteiger charge is 2.10. The number of carbonyl (C=O) groups excluding carboxylic acids is 1. The van der Waals surface area contributed by atoms with Crippen molar-refractivity contribution in [2.45, 2.75) is 6.54 Å². The van der Waals surface area contributed by atoms with E-state index in [0.717, 1.165) is 43.6 Å². The predicted octanol–water partition coefficient (Wildman–Crippen LogP) is 5.23. The maximum absolute atomic E-state index is 15.0. The van der Waals surface area contributed by atoms with Crippen LogP contribution in [-0.2, 0) is 11.3 Å². The lowest BCUT2D eigenvalue weighted by atomic mass is 10.0. The van der Waals surface area contributed by atoms with Crippen LogP contribution in [0, 0.1) is 5.82 Å². The van der Waals surface area contributed by atoms with E-state index in [4.69, 9.17) is 0 Å². The molecule has 0 unspecified atom stereocenters. The maximum Gasteiger partial charge on any atom is 0.233 e. The molecule has 0 spiro atoms. The van der Waals surface area contributed by atoms with Crippen LogP contribution in [0.4, 0.5) is 15.8 Å². The van der Waals surface area contributed by atoms with Gasteiger partial charge in [0, 0.05) is 42.1 Å². The second-order valence-corrected chi connectivity index (χ2v) is 8.73. The summed E-state index contributed by atoms with van der Waals surface area (Å²) in [4.78, 5) is 20.2. The number of thiazole rings is 1. The molecule has 0 saturated heterocycles. The van der Waals surface area contributed by atoms with E-state index in [9.17, 15) is 4.79 Å². The van der Waals surface area contributed by atoms with Gasteiger partial charge in [0.2, 0.25) is 5.91 Å². The average Bonchev–Trinajstić information content (AvgIpc) is 3.32. The maximum atomic E-state index is 15.0. The van der Waals surface area contributed by atoms with Crippen LogP contribution in [0.25, 0.3) is 32.2 Å². The van der Waals surface area contributed by atoms with Gasteiger partial charge in [-0.3, -0.25) is 9.78 Å². The van der Waals surface area contributed by atoms with Crippen molar-refractivity contribution in [1.29, 1.82) is 0 Å². The van der Waals surface area contributed by atoms with Gasteiger partial charge in [0.25, 0.3) is 0 Å². The lowest BCUT2D eigenvalue weighted by Crippen LogP contribution is -2.30. The number of pyridine rings is 1. The fourth-order valence-corrected chi connectivity index (χ4v) is 4.48. The zero-order valence-corrected chi connectivity index (χ0v) is 19.2. The summed E-state index contributed by atoms with van der Waals surface area (Å²) in [5.41, 5.74) is 7.46. The molecule has 2 aromatic heterocycles. The van der Waals surface area contributed by atoms with Gasteiger partial charge in [-0.2, -0.15) is 0 Å². The minimum atomic E-state index is -0.314. The summed E-state index contributed by atoms with van der Waals surface area (Å²) in [5.74, 6) is -0.427. The summed E-state index contributed by atoms with van der Waals surface area (Å²) in [5, 5.41) is 9.91. The van der Waals surface area contributed by atoms with Crippen LogP contribution in [0.15, 0.2) is 72.4 Å². The molecule has 0 aliphatic heterocycles. The second-order valence-electron chi connectivity index (χ2n) is 7.84. The molecule has 6 nitrogen and oxygen atoms in total. The summed E-state index contributed by atoms with van der Waals surface area (Å²) in [6.07, 6.45) is 1.76. The molecule has 34 heavy (non-hydrogen) atoms. The summed E-state index contributed by atoms with van der Waals surface area (Å²) >= 11 is 1.61.